The Morgan fingerprint density at radius 1 is 1.13 bits per heavy atom. The third kappa shape index (κ3) is 4.61. The van der Waals surface area contributed by atoms with E-state index < -0.39 is 14.2 Å². The summed E-state index contributed by atoms with van der Waals surface area (Å²) in [7, 11) is -1.98. The first-order valence-corrected chi connectivity index (χ1v) is 13.9. The van der Waals surface area contributed by atoms with Crippen LogP contribution in [-0.2, 0) is 14.3 Å². The largest absolute Gasteiger partial charge is 0.543 e. The Balaban J connectivity index is 1.94. The number of benzene rings is 2. The van der Waals surface area contributed by atoms with E-state index in [9.17, 15) is 9.59 Å². The van der Waals surface area contributed by atoms with E-state index in [-0.39, 0.29) is 22.7 Å². The summed E-state index contributed by atoms with van der Waals surface area (Å²) < 4.78 is 11.7. The lowest BCUT2D eigenvalue weighted by atomic mass is 9.76. The molecule has 2 aromatic rings. The number of Topliss-reactive ketones (excluding diaryl/α,β-unsaturated/α-hetero) is 1. The van der Waals surface area contributed by atoms with Crippen LogP contribution >= 0.6 is 0 Å². The van der Waals surface area contributed by atoms with Crippen molar-refractivity contribution in [3.63, 3.8) is 0 Å². The van der Waals surface area contributed by atoms with Crippen molar-refractivity contribution in [1.29, 1.82) is 0 Å². The van der Waals surface area contributed by atoms with Crippen LogP contribution in [0, 0.1) is 5.92 Å². The average Bonchev–Trinajstić information content (AvgIpc) is 2.66. The number of ketones is 1. The van der Waals surface area contributed by atoms with E-state index in [2.05, 4.69) is 58.1 Å². The standard InChI is InChI=1S/C25H34O4Si/c1-7-28-24(27)21-13-12-18(15-23(21)26)22-16-19(29-30(5,6)25(2,3)4)14-17-10-8-9-11-20(17)22/h8-11,14,16,18,21H,7,12-13,15H2,1-6H3. The minimum absolute atomic E-state index is 0.00972. The summed E-state index contributed by atoms with van der Waals surface area (Å²) in [6.07, 6.45) is 1.71. The van der Waals surface area contributed by atoms with Crippen molar-refractivity contribution in [2.75, 3.05) is 6.61 Å². The van der Waals surface area contributed by atoms with Gasteiger partial charge >= 0.3 is 5.97 Å². The zero-order valence-corrected chi connectivity index (χ0v) is 20.1. The lowest BCUT2D eigenvalue weighted by molar-refractivity contribution is -0.152. The van der Waals surface area contributed by atoms with Crippen LogP contribution in [0.25, 0.3) is 10.8 Å². The summed E-state index contributed by atoms with van der Waals surface area (Å²) in [6.45, 7) is 13.3. The normalized spacial score (nSPS) is 20.3. The summed E-state index contributed by atoms with van der Waals surface area (Å²) in [5.74, 6) is -0.0178. The fourth-order valence-electron chi connectivity index (χ4n) is 3.93. The maximum Gasteiger partial charge on any atom is 0.316 e. The third-order valence-electron chi connectivity index (χ3n) is 6.70. The molecule has 3 rings (SSSR count). The van der Waals surface area contributed by atoms with Crippen molar-refractivity contribution in [3.8, 4) is 5.75 Å². The number of fused-ring (bicyclic) bond motifs is 1. The smallest absolute Gasteiger partial charge is 0.316 e. The first kappa shape index (κ1) is 22.5. The Labute approximate surface area is 181 Å². The molecule has 0 amide bonds. The first-order valence-electron chi connectivity index (χ1n) is 10.9. The molecule has 4 nitrogen and oxygen atoms in total. The third-order valence-corrected chi connectivity index (χ3v) is 11.1. The minimum Gasteiger partial charge on any atom is -0.543 e. The Morgan fingerprint density at radius 3 is 2.47 bits per heavy atom. The number of esters is 1. The molecule has 0 aromatic heterocycles. The highest BCUT2D eigenvalue weighted by molar-refractivity contribution is 6.74. The lowest BCUT2D eigenvalue weighted by Crippen LogP contribution is -2.43. The predicted octanol–water partition coefficient (Wildman–Crippen LogP) is 6.24. The van der Waals surface area contributed by atoms with Gasteiger partial charge in [-0.2, -0.15) is 0 Å². The Hall–Kier alpha value is -2.14. The molecule has 162 valence electrons. The van der Waals surface area contributed by atoms with Crippen LogP contribution in [0.3, 0.4) is 0 Å². The maximum absolute atomic E-state index is 12.8. The van der Waals surface area contributed by atoms with Crippen LogP contribution in [0.5, 0.6) is 5.75 Å². The molecule has 5 heteroatoms. The second-order valence-electron chi connectivity index (χ2n) is 9.85. The first-order chi connectivity index (χ1) is 14.0. The van der Waals surface area contributed by atoms with Gasteiger partial charge in [-0.25, -0.2) is 0 Å². The minimum atomic E-state index is -1.98. The fourth-order valence-corrected chi connectivity index (χ4v) is 4.94. The quantitative estimate of drug-likeness (QED) is 0.323. The molecule has 2 unspecified atom stereocenters. The molecule has 1 saturated carbocycles. The van der Waals surface area contributed by atoms with E-state index in [4.69, 9.17) is 9.16 Å². The van der Waals surface area contributed by atoms with E-state index in [1.54, 1.807) is 6.92 Å². The van der Waals surface area contributed by atoms with Gasteiger partial charge in [0.2, 0.25) is 8.32 Å². The maximum atomic E-state index is 12.8. The van der Waals surface area contributed by atoms with Crippen LogP contribution in [0.2, 0.25) is 18.1 Å². The topological polar surface area (TPSA) is 52.6 Å². The lowest BCUT2D eigenvalue weighted by Gasteiger charge is -2.37. The summed E-state index contributed by atoms with van der Waals surface area (Å²) in [6, 6.07) is 12.5. The van der Waals surface area contributed by atoms with Crippen molar-refractivity contribution in [2.24, 2.45) is 5.92 Å². The number of rotatable bonds is 5. The van der Waals surface area contributed by atoms with Crippen molar-refractivity contribution in [1.82, 2.24) is 0 Å². The van der Waals surface area contributed by atoms with Gasteiger partial charge in [0.1, 0.15) is 17.5 Å². The van der Waals surface area contributed by atoms with E-state index >= 15 is 0 Å². The van der Waals surface area contributed by atoms with E-state index in [0.29, 0.717) is 19.4 Å². The van der Waals surface area contributed by atoms with Gasteiger partial charge < -0.3 is 9.16 Å². The molecule has 0 spiro atoms. The van der Waals surface area contributed by atoms with Gasteiger partial charge in [-0.05, 0) is 72.3 Å². The number of hydrogen-bond acceptors (Lipinski definition) is 4. The van der Waals surface area contributed by atoms with Crippen LogP contribution < -0.4 is 4.43 Å². The SMILES string of the molecule is CCOC(=O)C1CCC(c2cc(O[Si](C)(C)C(C)(C)C)cc3ccccc23)CC1=O. The van der Waals surface area contributed by atoms with Crippen molar-refractivity contribution in [2.45, 2.75) is 71.0 Å². The zero-order valence-electron chi connectivity index (χ0n) is 19.1. The summed E-state index contributed by atoms with van der Waals surface area (Å²) in [5, 5.41) is 2.39. The molecule has 0 N–H and O–H groups in total. The fraction of sp³-hybridized carbons (Fsp3) is 0.520. The van der Waals surface area contributed by atoms with Crippen molar-refractivity contribution in [3.05, 3.63) is 42.0 Å². The molecule has 0 heterocycles. The Morgan fingerprint density at radius 2 is 1.83 bits per heavy atom. The number of carbonyl (C=O) groups excluding carboxylic acids is 2. The molecule has 0 bridgehead atoms. The highest BCUT2D eigenvalue weighted by Crippen LogP contribution is 2.42. The molecule has 2 aromatic carbocycles. The van der Waals surface area contributed by atoms with Gasteiger partial charge in [0.15, 0.2) is 0 Å². The molecule has 1 fully saturated rings. The monoisotopic (exact) mass is 426 g/mol. The van der Waals surface area contributed by atoms with Gasteiger partial charge in [0, 0.05) is 6.42 Å². The second-order valence-corrected chi connectivity index (χ2v) is 14.6. The molecule has 0 saturated heterocycles. The van der Waals surface area contributed by atoms with Crippen LogP contribution in [0.1, 0.15) is 58.4 Å². The van der Waals surface area contributed by atoms with Crippen LogP contribution in [0.15, 0.2) is 36.4 Å². The van der Waals surface area contributed by atoms with Gasteiger partial charge in [-0.15, -0.1) is 0 Å². The number of carbonyl (C=O) groups is 2. The van der Waals surface area contributed by atoms with Gasteiger partial charge in [-0.3, -0.25) is 9.59 Å². The van der Waals surface area contributed by atoms with Crippen molar-refractivity contribution >= 4 is 30.8 Å². The zero-order chi connectivity index (χ0) is 22.1. The predicted molar refractivity (Wildman–Crippen MR) is 123 cm³/mol. The second kappa shape index (κ2) is 8.54. The van der Waals surface area contributed by atoms with E-state index in [1.807, 2.05) is 12.1 Å². The van der Waals surface area contributed by atoms with Gasteiger partial charge in [-0.1, -0.05) is 45.0 Å². The number of hydrogen-bond donors (Lipinski definition) is 0. The van der Waals surface area contributed by atoms with E-state index in [1.165, 1.54) is 0 Å². The van der Waals surface area contributed by atoms with Gasteiger partial charge in [0.05, 0.1) is 6.61 Å². The number of ether oxygens (including phenoxy) is 1. The highest BCUT2D eigenvalue weighted by Gasteiger charge is 2.39. The molecule has 2 atom stereocenters. The molecular weight excluding hydrogens is 392 g/mol. The molecule has 1 aliphatic carbocycles. The summed E-state index contributed by atoms with van der Waals surface area (Å²) in [4.78, 5) is 24.9. The molecular formula is C25H34O4Si. The Bertz CT molecular complexity index is 942. The van der Waals surface area contributed by atoms with Crippen molar-refractivity contribution < 1.29 is 18.8 Å². The highest BCUT2D eigenvalue weighted by atomic mass is 28.4. The van der Waals surface area contributed by atoms with E-state index in [0.717, 1.165) is 28.5 Å². The van der Waals surface area contributed by atoms with Gasteiger partial charge in [0.25, 0.3) is 0 Å². The molecule has 30 heavy (non-hydrogen) atoms. The summed E-state index contributed by atoms with van der Waals surface area (Å²) in [5.41, 5.74) is 1.15. The molecule has 0 radical (unpaired) electrons. The summed E-state index contributed by atoms with van der Waals surface area (Å²) >= 11 is 0. The molecule has 0 aliphatic heterocycles. The van der Waals surface area contributed by atoms with Crippen LogP contribution in [-0.4, -0.2) is 26.7 Å². The average molecular weight is 427 g/mol. The van der Waals surface area contributed by atoms with Crippen LogP contribution in [0.4, 0.5) is 0 Å². The Kier molecular flexibility index (Phi) is 6.42. The molecule has 1 aliphatic rings.